The maximum atomic E-state index is 15.8. The Hall–Kier alpha value is -4.68. The zero-order chi connectivity index (χ0) is 27.3. The maximum Gasteiger partial charge on any atom is 0.335 e. The molecule has 0 radical (unpaired) electrons. The standard InChI is InChI=1S/C26H24F3N9O/c1-15-12-30-25(32-21-8-9-31-36(21)2)33-22(15)16-10-19-23-34-35-24(38(23)17(11-27)14-37(19)13-16)26(28,29)18-6-4-5-7-20(18)39-3/h4-10,12-13,17H,11,14H2,1-3H3,(H,30,32,33)/t17-/m0/s1. The molecule has 39 heavy (non-hydrogen) atoms. The number of aromatic nitrogens is 8. The normalized spacial score (nSPS) is 14.7. The smallest absolute Gasteiger partial charge is 0.335 e. The van der Waals surface area contributed by atoms with Gasteiger partial charge in [0.2, 0.25) is 11.8 Å². The van der Waals surface area contributed by atoms with Crippen molar-refractivity contribution in [2.75, 3.05) is 19.1 Å². The molecule has 200 valence electrons. The predicted molar refractivity (Wildman–Crippen MR) is 137 cm³/mol. The average Bonchev–Trinajstić information content (AvgIpc) is 3.67. The minimum atomic E-state index is -3.57. The second-order valence-electron chi connectivity index (χ2n) is 9.26. The van der Waals surface area contributed by atoms with E-state index in [1.165, 1.54) is 29.9 Å². The zero-order valence-corrected chi connectivity index (χ0v) is 21.3. The largest absolute Gasteiger partial charge is 0.496 e. The summed E-state index contributed by atoms with van der Waals surface area (Å²) in [6, 6.07) is 8.47. The van der Waals surface area contributed by atoms with Crippen LogP contribution in [-0.2, 0) is 19.5 Å². The topological polar surface area (TPSA) is 101 Å². The van der Waals surface area contributed by atoms with Gasteiger partial charge in [0.25, 0.3) is 0 Å². The van der Waals surface area contributed by atoms with Gasteiger partial charge in [0.05, 0.1) is 36.3 Å². The van der Waals surface area contributed by atoms with Gasteiger partial charge >= 0.3 is 5.92 Å². The van der Waals surface area contributed by atoms with Crippen LogP contribution in [0.15, 0.2) is 55.0 Å². The van der Waals surface area contributed by atoms with E-state index in [0.717, 1.165) is 5.56 Å². The van der Waals surface area contributed by atoms with Gasteiger partial charge in [-0.2, -0.15) is 13.9 Å². The fourth-order valence-corrected chi connectivity index (χ4v) is 4.86. The number of halogens is 3. The molecule has 1 aromatic carbocycles. The van der Waals surface area contributed by atoms with Crippen LogP contribution >= 0.6 is 0 Å². The molecule has 1 aliphatic heterocycles. The summed E-state index contributed by atoms with van der Waals surface area (Å²) in [6.07, 6.45) is 5.16. The third-order valence-corrected chi connectivity index (χ3v) is 6.80. The lowest BCUT2D eigenvalue weighted by molar-refractivity contribution is 0.0234. The van der Waals surface area contributed by atoms with E-state index >= 15 is 8.78 Å². The SMILES string of the molecule is COc1ccccc1C(F)(F)c1nnc2n1[C@@H](CF)Cn1cc(-c3nc(Nc4ccnn4C)ncc3C)cc1-2. The molecule has 5 heterocycles. The molecule has 0 spiro atoms. The number of fused-ring (bicyclic) bond motifs is 3. The van der Waals surface area contributed by atoms with Gasteiger partial charge < -0.3 is 14.6 Å². The number of alkyl halides is 3. The van der Waals surface area contributed by atoms with Crippen LogP contribution in [0.5, 0.6) is 5.75 Å². The predicted octanol–water partition coefficient (Wildman–Crippen LogP) is 4.66. The van der Waals surface area contributed by atoms with Crippen molar-refractivity contribution in [3.63, 3.8) is 0 Å². The molecule has 0 amide bonds. The van der Waals surface area contributed by atoms with Crippen LogP contribution in [0.1, 0.15) is 23.0 Å². The van der Waals surface area contributed by atoms with Crippen molar-refractivity contribution in [2.24, 2.45) is 7.05 Å². The molecule has 0 saturated heterocycles. The summed E-state index contributed by atoms with van der Waals surface area (Å²) in [5.74, 6) is -2.97. The van der Waals surface area contributed by atoms with E-state index in [1.54, 1.807) is 46.9 Å². The molecule has 1 atom stereocenters. The maximum absolute atomic E-state index is 15.8. The number of ether oxygens (including phenoxy) is 1. The lowest BCUT2D eigenvalue weighted by atomic mass is 10.1. The Morgan fingerprint density at radius 1 is 1.18 bits per heavy atom. The molecular weight excluding hydrogens is 511 g/mol. The van der Waals surface area contributed by atoms with Crippen LogP contribution < -0.4 is 10.1 Å². The van der Waals surface area contributed by atoms with Crippen LogP contribution in [-0.4, -0.2) is 52.9 Å². The number of hydrogen-bond acceptors (Lipinski definition) is 7. The van der Waals surface area contributed by atoms with Crippen LogP contribution in [0.2, 0.25) is 0 Å². The number of benzene rings is 1. The van der Waals surface area contributed by atoms with Crippen molar-refractivity contribution in [3.05, 3.63) is 71.9 Å². The molecular formula is C26H24F3N9O. The van der Waals surface area contributed by atoms with Crippen molar-refractivity contribution >= 4 is 11.8 Å². The molecule has 0 fully saturated rings. The lowest BCUT2D eigenvalue weighted by Gasteiger charge is -2.28. The van der Waals surface area contributed by atoms with Crippen molar-refractivity contribution < 1.29 is 17.9 Å². The van der Waals surface area contributed by atoms with Gasteiger partial charge in [-0.1, -0.05) is 12.1 Å². The van der Waals surface area contributed by atoms with E-state index in [4.69, 9.17) is 4.74 Å². The molecule has 1 aliphatic rings. The first-order valence-electron chi connectivity index (χ1n) is 12.1. The van der Waals surface area contributed by atoms with E-state index in [1.807, 2.05) is 13.1 Å². The molecule has 0 aliphatic carbocycles. The number of nitrogens with zero attached hydrogens (tertiary/aromatic N) is 8. The first kappa shape index (κ1) is 24.6. The van der Waals surface area contributed by atoms with E-state index in [0.29, 0.717) is 28.7 Å². The van der Waals surface area contributed by atoms with Gasteiger partial charge in [0, 0.05) is 37.6 Å². The van der Waals surface area contributed by atoms with Crippen LogP contribution in [0.3, 0.4) is 0 Å². The van der Waals surface area contributed by atoms with Crippen molar-refractivity contribution in [1.82, 2.24) is 39.1 Å². The van der Waals surface area contributed by atoms with E-state index in [2.05, 4.69) is 30.6 Å². The van der Waals surface area contributed by atoms with E-state index in [9.17, 15) is 4.39 Å². The summed E-state index contributed by atoms with van der Waals surface area (Å²) in [5.41, 5.74) is 2.32. The number of anilines is 2. The molecule has 4 aromatic heterocycles. The van der Waals surface area contributed by atoms with Gasteiger partial charge in [-0.3, -0.25) is 9.25 Å². The van der Waals surface area contributed by atoms with Gasteiger partial charge in [-0.15, -0.1) is 10.2 Å². The summed E-state index contributed by atoms with van der Waals surface area (Å²) >= 11 is 0. The minimum absolute atomic E-state index is 0.00731. The summed E-state index contributed by atoms with van der Waals surface area (Å²) in [5, 5.41) is 15.2. The third-order valence-electron chi connectivity index (χ3n) is 6.80. The first-order chi connectivity index (χ1) is 18.8. The van der Waals surface area contributed by atoms with Gasteiger partial charge in [0.15, 0.2) is 5.82 Å². The Morgan fingerprint density at radius 3 is 2.74 bits per heavy atom. The van der Waals surface area contributed by atoms with Crippen LogP contribution in [0, 0.1) is 6.92 Å². The highest BCUT2D eigenvalue weighted by atomic mass is 19.3. The van der Waals surface area contributed by atoms with Gasteiger partial charge in [0.1, 0.15) is 18.2 Å². The second-order valence-corrected chi connectivity index (χ2v) is 9.26. The summed E-state index contributed by atoms with van der Waals surface area (Å²) in [7, 11) is 3.11. The summed E-state index contributed by atoms with van der Waals surface area (Å²) in [4.78, 5) is 9.03. The number of hydrogen-bond donors (Lipinski definition) is 1. The Morgan fingerprint density at radius 2 is 2.00 bits per heavy atom. The summed E-state index contributed by atoms with van der Waals surface area (Å²) in [6.45, 7) is 1.12. The molecule has 5 aromatic rings. The Kier molecular flexibility index (Phi) is 5.85. The fourth-order valence-electron chi connectivity index (χ4n) is 4.86. The van der Waals surface area contributed by atoms with Crippen molar-refractivity contribution in [3.8, 4) is 28.5 Å². The number of nitrogens with one attached hydrogen (secondary N) is 1. The fraction of sp³-hybridized carbons (Fsp3) is 0.269. The molecule has 10 nitrogen and oxygen atoms in total. The first-order valence-corrected chi connectivity index (χ1v) is 12.1. The van der Waals surface area contributed by atoms with Gasteiger partial charge in [-0.05, 0) is 30.7 Å². The summed E-state index contributed by atoms with van der Waals surface area (Å²) < 4.78 is 55.8. The lowest BCUT2D eigenvalue weighted by Crippen LogP contribution is -2.30. The van der Waals surface area contributed by atoms with Crippen molar-refractivity contribution in [2.45, 2.75) is 25.4 Å². The van der Waals surface area contributed by atoms with Crippen LogP contribution in [0.25, 0.3) is 22.8 Å². The Labute approximate surface area is 221 Å². The third kappa shape index (κ3) is 4.01. The molecule has 0 saturated carbocycles. The quantitative estimate of drug-likeness (QED) is 0.324. The average molecular weight is 536 g/mol. The van der Waals surface area contributed by atoms with E-state index < -0.39 is 24.5 Å². The van der Waals surface area contributed by atoms with Crippen LogP contribution in [0.4, 0.5) is 24.9 Å². The highest BCUT2D eigenvalue weighted by Crippen LogP contribution is 2.44. The molecule has 13 heteroatoms. The number of methoxy groups -OCH3 is 1. The zero-order valence-electron chi connectivity index (χ0n) is 21.3. The Bertz CT molecular complexity index is 1670. The highest BCUT2D eigenvalue weighted by Gasteiger charge is 2.45. The monoisotopic (exact) mass is 535 g/mol. The Balaban J connectivity index is 1.42. The number of para-hydroxylation sites is 1. The minimum Gasteiger partial charge on any atom is -0.496 e. The van der Waals surface area contributed by atoms with Gasteiger partial charge in [-0.25, -0.2) is 14.4 Å². The van der Waals surface area contributed by atoms with Crippen molar-refractivity contribution in [1.29, 1.82) is 0 Å². The molecule has 0 bridgehead atoms. The number of rotatable bonds is 7. The van der Waals surface area contributed by atoms with E-state index in [-0.39, 0.29) is 23.7 Å². The highest BCUT2D eigenvalue weighted by molar-refractivity contribution is 5.71. The number of aryl methyl sites for hydroxylation is 2. The second kappa shape index (κ2) is 9.26. The molecule has 0 unspecified atom stereocenters. The molecule has 1 N–H and O–H groups in total. The molecule has 6 rings (SSSR count).